The molecule has 134 valence electrons. The van der Waals surface area contributed by atoms with Crippen molar-refractivity contribution in [1.29, 1.82) is 0 Å². The monoisotopic (exact) mass is 396 g/mol. The molecule has 1 amide bonds. The molecule has 0 atom stereocenters. The summed E-state index contributed by atoms with van der Waals surface area (Å²) in [5.74, 6) is -1.72. The molecule has 0 aliphatic rings. The lowest BCUT2D eigenvalue weighted by molar-refractivity contribution is -0.114. The van der Waals surface area contributed by atoms with Crippen molar-refractivity contribution in [2.45, 2.75) is 11.8 Å². The largest absolute Gasteiger partial charge is 0.356 e. The summed E-state index contributed by atoms with van der Waals surface area (Å²) < 4.78 is 33.5. The number of alkyl halides is 2. The summed E-state index contributed by atoms with van der Waals surface area (Å²) in [4.78, 5) is 10.4. The van der Waals surface area contributed by atoms with Crippen LogP contribution in [0.5, 0.6) is 0 Å². The van der Waals surface area contributed by atoms with E-state index < -0.39 is 22.4 Å². The van der Waals surface area contributed by atoms with Gasteiger partial charge in [-0.05, 0) is 30.7 Å². The van der Waals surface area contributed by atoms with Crippen LogP contribution in [-0.4, -0.2) is 15.9 Å². The standard InChI is InChI=1S/C18H12Cl2F2N2O2/c1-9-5-6-12(21)15(16(9)22)13-8-14(26-24-13)10-3-2-4-11(7-10)23-18(25)17(19)20/h2-8,17H,1H3,(H,23,25). The second-order valence-electron chi connectivity index (χ2n) is 5.50. The highest BCUT2D eigenvalue weighted by Crippen LogP contribution is 2.31. The van der Waals surface area contributed by atoms with E-state index in [1.165, 1.54) is 25.1 Å². The molecule has 0 saturated carbocycles. The molecule has 1 aromatic heterocycles. The third-order valence-corrected chi connectivity index (χ3v) is 4.06. The molecule has 0 radical (unpaired) electrons. The highest BCUT2D eigenvalue weighted by Gasteiger charge is 2.18. The summed E-state index contributed by atoms with van der Waals surface area (Å²) in [6, 6.07) is 10.5. The van der Waals surface area contributed by atoms with E-state index in [-0.39, 0.29) is 17.0 Å². The molecule has 0 saturated heterocycles. The van der Waals surface area contributed by atoms with Crippen molar-refractivity contribution in [3.8, 4) is 22.6 Å². The summed E-state index contributed by atoms with van der Waals surface area (Å²) >= 11 is 11.0. The quantitative estimate of drug-likeness (QED) is 0.605. The van der Waals surface area contributed by atoms with Gasteiger partial charge >= 0.3 is 0 Å². The normalized spacial score (nSPS) is 11.0. The molecule has 4 nitrogen and oxygen atoms in total. The average molecular weight is 397 g/mol. The first-order valence-electron chi connectivity index (χ1n) is 7.48. The molecular weight excluding hydrogens is 385 g/mol. The maximum atomic E-state index is 14.2. The number of nitrogens with zero attached hydrogens (tertiary/aromatic N) is 1. The molecule has 2 aromatic carbocycles. The molecule has 0 aliphatic carbocycles. The van der Waals surface area contributed by atoms with E-state index in [0.29, 0.717) is 16.8 Å². The zero-order chi connectivity index (χ0) is 18.8. The zero-order valence-corrected chi connectivity index (χ0v) is 14.9. The number of rotatable bonds is 4. The third kappa shape index (κ3) is 3.71. The van der Waals surface area contributed by atoms with Crippen molar-refractivity contribution < 1.29 is 18.1 Å². The first-order valence-corrected chi connectivity index (χ1v) is 8.35. The van der Waals surface area contributed by atoms with Crippen LogP contribution in [0.1, 0.15) is 5.56 Å². The molecule has 1 heterocycles. The summed E-state index contributed by atoms with van der Waals surface area (Å²) in [6.45, 7) is 1.53. The van der Waals surface area contributed by atoms with Crippen molar-refractivity contribution in [1.82, 2.24) is 5.16 Å². The number of aryl methyl sites for hydroxylation is 1. The maximum Gasteiger partial charge on any atom is 0.257 e. The minimum atomic E-state index is -1.21. The van der Waals surface area contributed by atoms with Crippen LogP contribution in [-0.2, 0) is 4.79 Å². The molecular formula is C18H12Cl2F2N2O2. The summed E-state index contributed by atoms with van der Waals surface area (Å²) in [5.41, 5.74) is 1.07. The van der Waals surface area contributed by atoms with E-state index in [9.17, 15) is 13.6 Å². The average Bonchev–Trinajstić information content (AvgIpc) is 3.08. The van der Waals surface area contributed by atoms with Crippen LogP contribution in [0.2, 0.25) is 0 Å². The van der Waals surface area contributed by atoms with Crippen molar-refractivity contribution in [2.24, 2.45) is 0 Å². The Morgan fingerprint density at radius 1 is 1.19 bits per heavy atom. The molecule has 1 N–H and O–H groups in total. The number of nitrogens with one attached hydrogen (secondary N) is 1. The van der Waals surface area contributed by atoms with Gasteiger partial charge in [0.25, 0.3) is 5.91 Å². The Hall–Kier alpha value is -2.44. The highest BCUT2D eigenvalue weighted by atomic mass is 35.5. The van der Waals surface area contributed by atoms with Gasteiger partial charge in [-0.15, -0.1) is 0 Å². The third-order valence-electron chi connectivity index (χ3n) is 3.66. The van der Waals surface area contributed by atoms with Gasteiger partial charge in [-0.25, -0.2) is 8.78 Å². The van der Waals surface area contributed by atoms with Gasteiger partial charge in [-0.1, -0.05) is 46.6 Å². The predicted octanol–water partition coefficient (Wildman–Crippen LogP) is 5.34. The van der Waals surface area contributed by atoms with Gasteiger partial charge in [-0.2, -0.15) is 0 Å². The number of carbonyl (C=O) groups is 1. The van der Waals surface area contributed by atoms with Crippen molar-refractivity contribution >= 4 is 34.8 Å². The van der Waals surface area contributed by atoms with E-state index in [2.05, 4.69) is 10.5 Å². The minimum Gasteiger partial charge on any atom is -0.356 e. The number of amides is 1. The fourth-order valence-electron chi connectivity index (χ4n) is 2.37. The fraction of sp³-hybridized carbons (Fsp3) is 0.111. The summed E-state index contributed by atoms with van der Waals surface area (Å²) in [5, 5.41) is 6.29. The Morgan fingerprint density at radius 3 is 2.69 bits per heavy atom. The lowest BCUT2D eigenvalue weighted by atomic mass is 10.1. The Balaban J connectivity index is 1.94. The Bertz CT molecular complexity index is 974. The predicted molar refractivity (Wildman–Crippen MR) is 96.2 cm³/mol. The SMILES string of the molecule is Cc1ccc(F)c(-c2cc(-c3cccc(NC(=O)C(Cl)Cl)c3)on2)c1F. The van der Waals surface area contributed by atoms with Crippen LogP contribution in [0.25, 0.3) is 22.6 Å². The van der Waals surface area contributed by atoms with Crippen molar-refractivity contribution in [3.05, 3.63) is 59.7 Å². The molecule has 0 unspecified atom stereocenters. The molecule has 3 aromatic rings. The summed E-state index contributed by atoms with van der Waals surface area (Å²) in [6.07, 6.45) is 0. The summed E-state index contributed by atoms with van der Waals surface area (Å²) in [7, 11) is 0. The van der Waals surface area contributed by atoms with Crippen LogP contribution in [0.4, 0.5) is 14.5 Å². The van der Waals surface area contributed by atoms with E-state index in [1.54, 1.807) is 24.3 Å². The first kappa shape index (κ1) is 18.4. The maximum absolute atomic E-state index is 14.2. The van der Waals surface area contributed by atoms with E-state index in [0.717, 1.165) is 0 Å². The molecule has 3 rings (SSSR count). The Labute approximate surface area is 157 Å². The Morgan fingerprint density at radius 2 is 1.96 bits per heavy atom. The number of carbonyl (C=O) groups excluding carboxylic acids is 1. The van der Waals surface area contributed by atoms with Gasteiger partial charge in [-0.3, -0.25) is 4.79 Å². The number of anilines is 1. The van der Waals surface area contributed by atoms with Gasteiger partial charge in [0.1, 0.15) is 17.3 Å². The zero-order valence-electron chi connectivity index (χ0n) is 13.4. The molecule has 0 spiro atoms. The number of hydrogen-bond acceptors (Lipinski definition) is 3. The highest BCUT2D eigenvalue weighted by molar-refractivity contribution is 6.54. The van der Waals surface area contributed by atoms with Crippen LogP contribution in [0.15, 0.2) is 47.0 Å². The van der Waals surface area contributed by atoms with Gasteiger partial charge in [0, 0.05) is 17.3 Å². The number of benzene rings is 2. The molecule has 0 fully saturated rings. The van der Waals surface area contributed by atoms with Crippen LogP contribution < -0.4 is 5.32 Å². The lowest BCUT2D eigenvalue weighted by Crippen LogP contribution is -2.18. The second-order valence-corrected chi connectivity index (χ2v) is 6.60. The first-order chi connectivity index (χ1) is 12.4. The van der Waals surface area contributed by atoms with E-state index in [4.69, 9.17) is 27.7 Å². The molecule has 8 heteroatoms. The van der Waals surface area contributed by atoms with Gasteiger partial charge in [0.15, 0.2) is 10.6 Å². The number of aromatic nitrogens is 1. The van der Waals surface area contributed by atoms with Gasteiger partial charge in [0.2, 0.25) is 0 Å². The molecule has 0 bridgehead atoms. The topological polar surface area (TPSA) is 55.1 Å². The molecule has 0 aliphatic heterocycles. The van der Waals surface area contributed by atoms with Crippen LogP contribution in [0.3, 0.4) is 0 Å². The van der Waals surface area contributed by atoms with Crippen molar-refractivity contribution in [2.75, 3.05) is 5.32 Å². The Kier molecular flexibility index (Phi) is 5.25. The van der Waals surface area contributed by atoms with Gasteiger partial charge < -0.3 is 9.84 Å². The minimum absolute atomic E-state index is 0.0368. The smallest absolute Gasteiger partial charge is 0.257 e. The van der Waals surface area contributed by atoms with E-state index in [1.807, 2.05) is 0 Å². The molecule has 26 heavy (non-hydrogen) atoms. The van der Waals surface area contributed by atoms with Crippen LogP contribution in [0, 0.1) is 18.6 Å². The van der Waals surface area contributed by atoms with E-state index >= 15 is 0 Å². The van der Waals surface area contributed by atoms with Crippen LogP contribution >= 0.6 is 23.2 Å². The second kappa shape index (κ2) is 7.43. The number of hydrogen-bond donors (Lipinski definition) is 1. The lowest BCUT2D eigenvalue weighted by Gasteiger charge is -2.06. The number of halogens is 4. The fourth-order valence-corrected chi connectivity index (χ4v) is 2.48. The van der Waals surface area contributed by atoms with Gasteiger partial charge in [0.05, 0.1) is 5.56 Å². The van der Waals surface area contributed by atoms with Crippen molar-refractivity contribution in [3.63, 3.8) is 0 Å².